The first-order valence-corrected chi connectivity index (χ1v) is 7.16. The third-order valence-electron chi connectivity index (χ3n) is 3.91. The van der Waals surface area contributed by atoms with Crippen LogP contribution in [0.4, 0.5) is 0 Å². The lowest BCUT2D eigenvalue weighted by atomic mass is 9.78. The molecule has 2 rings (SSSR count). The summed E-state index contributed by atoms with van der Waals surface area (Å²) in [7, 11) is 0. The average Bonchev–Trinajstić information content (AvgIpc) is 2.48. The summed E-state index contributed by atoms with van der Waals surface area (Å²) < 4.78 is 0. The highest BCUT2D eigenvalue weighted by molar-refractivity contribution is 5.68. The molecule has 0 N–H and O–H groups in total. The minimum atomic E-state index is -0.458. The van der Waals surface area contributed by atoms with E-state index in [0.29, 0.717) is 5.92 Å². The zero-order valence-electron chi connectivity index (χ0n) is 12.5. The predicted molar refractivity (Wildman–Crippen MR) is 84.1 cm³/mol. The van der Waals surface area contributed by atoms with Gasteiger partial charge in [0.1, 0.15) is 6.29 Å². The summed E-state index contributed by atoms with van der Waals surface area (Å²) in [4.78, 5) is 11.6. The van der Waals surface area contributed by atoms with Gasteiger partial charge in [0, 0.05) is 0 Å². The molecule has 1 unspecified atom stereocenters. The first-order valence-electron chi connectivity index (χ1n) is 7.16. The quantitative estimate of drug-likeness (QED) is 0.728. The number of hydrogen-bond acceptors (Lipinski definition) is 1. The monoisotopic (exact) mass is 266 g/mol. The molecule has 0 spiro atoms. The van der Waals surface area contributed by atoms with Crippen molar-refractivity contribution in [2.24, 2.45) is 0 Å². The summed E-state index contributed by atoms with van der Waals surface area (Å²) in [6, 6.07) is 18.6. The van der Waals surface area contributed by atoms with Gasteiger partial charge in [0.2, 0.25) is 0 Å². The predicted octanol–water partition coefficient (Wildman–Crippen LogP) is 4.51. The van der Waals surface area contributed by atoms with Crippen molar-refractivity contribution in [1.82, 2.24) is 0 Å². The molecule has 104 valence electrons. The standard InChI is InChI=1S/C19H22O/c1-15(2)17-11-9-16(10-12-17)13-19(3,14-20)18-7-5-4-6-8-18/h4-12,14-15H,13H2,1-3H3. The molecule has 0 aliphatic carbocycles. The molecule has 1 heteroatoms. The van der Waals surface area contributed by atoms with Crippen LogP contribution in [-0.4, -0.2) is 6.29 Å². The van der Waals surface area contributed by atoms with Crippen molar-refractivity contribution >= 4 is 6.29 Å². The van der Waals surface area contributed by atoms with Crippen molar-refractivity contribution in [3.63, 3.8) is 0 Å². The van der Waals surface area contributed by atoms with E-state index >= 15 is 0 Å². The molecular formula is C19H22O. The molecule has 0 heterocycles. The Kier molecular flexibility index (Phi) is 4.39. The summed E-state index contributed by atoms with van der Waals surface area (Å²) in [6.45, 7) is 6.38. The van der Waals surface area contributed by atoms with Gasteiger partial charge in [-0.05, 0) is 36.0 Å². The van der Waals surface area contributed by atoms with E-state index in [9.17, 15) is 4.79 Å². The van der Waals surface area contributed by atoms with Gasteiger partial charge in [-0.25, -0.2) is 0 Å². The van der Waals surface area contributed by atoms with Gasteiger partial charge in [-0.15, -0.1) is 0 Å². The molecule has 0 saturated carbocycles. The number of aldehydes is 1. The van der Waals surface area contributed by atoms with Crippen LogP contribution in [0.25, 0.3) is 0 Å². The third kappa shape index (κ3) is 3.16. The molecule has 0 bridgehead atoms. The van der Waals surface area contributed by atoms with Crippen LogP contribution in [-0.2, 0) is 16.6 Å². The van der Waals surface area contributed by atoms with E-state index in [-0.39, 0.29) is 0 Å². The average molecular weight is 266 g/mol. The van der Waals surface area contributed by atoms with Gasteiger partial charge in [-0.2, -0.15) is 0 Å². The highest BCUT2D eigenvalue weighted by Gasteiger charge is 2.26. The van der Waals surface area contributed by atoms with Crippen LogP contribution in [0, 0.1) is 0 Å². The fraction of sp³-hybridized carbons (Fsp3) is 0.316. The summed E-state index contributed by atoms with van der Waals surface area (Å²) in [6.07, 6.45) is 1.80. The fourth-order valence-electron chi connectivity index (χ4n) is 2.48. The number of hydrogen-bond donors (Lipinski definition) is 0. The second-order valence-corrected chi connectivity index (χ2v) is 5.97. The lowest BCUT2D eigenvalue weighted by Gasteiger charge is -2.24. The summed E-state index contributed by atoms with van der Waals surface area (Å²) in [5.41, 5.74) is 3.15. The Bertz CT molecular complexity index is 554. The van der Waals surface area contributed by atoms with Crippen molar-refractivity contribution in [1.29, 1.82) is 0 Å². The Morgan fingerprint density at radius 1 is 1.00 bits per heavy atom. The minimum Gasteiger partial charge on any atom is -0.302 e. The summed E-state index contributed by atoms with van der Waals surface area (Å²) in [5, 5.41) is 0. The molecule has 1 atom stereocenters. The van der Waals surface area contributed by atoms with Crippen molar-refractivity contribution in [3.8, 4) is 0 Å². The topological polar surface area (TPSA) is 17.1 Å². The highest BCUT2D eigenvalue weighted by atomic mass is 16.1. The molecular weight excluding hydrogens is 244 g/mol. The lowest BCUT2D eigenvalue weighted by molar-refractivity contribution is -0.112. The van der Waals surface area contributed by atoms with E-state index < -0.39 is 5.41 Å². The lowest BCUT2D eigenvalue weighted by Crippen LogP contribution is -2.26. The number of carbonyl (C=O) groups excluding carboxylic acids is 1. The number of carbonyl (C=O) groups is 1. The molecule has 0 fully saturated rings. The van der Waals surface area contributed by atoms with Crippen molar-refractivity contribution in [2.45, 2.75) is 38.5 Å². The maximum Gasteiger partial charge on any atom is 0.130 e. The zero-order valence-corrected chi connectivity index (χ0v) is 12.5. The Morgan fingerprint density at radius 2 is 1.60 bits per heavy atom. The van der Waals surface area contributed by atoms with Gasteiger partial charge in [0.05, 0.1) is 5.41 Å². The molecule has 20 heavy (non-hydrogen) atoms. The maximum atomic E-state index is 11.6. The first-order chi connectivity index (χ1) is 9.55. The molecule has 2 aromatic carbocycles. The number of benzene rings is 2. The van der Waals surface area contributed by atoms with Gasteiger partial charge in [-0.3, -0.25) is 0 Å². The van der Waals surface area contributed by atoms with E-state index in [1.807, 2.05) is 37.3 Å². The molecule has 2 aromatic rings. The molecule has 0 aliphatic rings. The first kappa shape index (κ1) is 14.5. The van der Waals surface area contributed by atoms with Gasteiger partial charge < -0.3 is 4.79 Å². The van der Waals surface area contributed by atoms with Crippen molar-refractivity contribution < 1.29 is 4.79 Å². The van der Waals surface area contributed by atoms with Crippen LogP contribution in [0.15, 0.2) is 54.6 Å². The molecule has 0 radical (unpaired) electrons. The second kappa shape index (κ2) is 6.04. The normalized spacial score (nSPS) is 14.0. The molecule has 0 aliphatic heterocycles. The van der Waals surface area contributed by atoms with Crippen LogP contribution in [0.1, 0.15) is 43.4 Å². The van der Waals surface area contributed by atoms with Crippen LogP contribution < -0.4 is 0 Å². The third-order valence-corrected chi connectivity index (χ3v) is 3.91. The van der Waals surface area contributed by atoms with Crippen LogP contribution in [0.5, 0.6) is 0 Å². The largest absolute Gasteiger partial charge is 0.302 e. The smallest absolute Gasteiger partial charge is 0.130 e. The maximum absolute atomic E-state index is 11.6. The Labute approximate surface area is 121 Å². The van der Waals surface area contributed by atoms with E-state index in [4.69, 9.17) is 0 Å². The highest BCUT2D eigenvalue weighted by Crippen LogP contribution is 2.26. The van der Waals surface area contributed by atoms with E-state index in [2.05, 4.69) is 38.1 Å². The van der Waals surface area contributed by atoms with Crippen LogP contribution >= 0.6 is 0 Å². The Balaban J connectivity index is 2.24. The van der Waals surface area contributed by atoms with E-state index in [1.165, 1.54) is 11.1 Å². The van der Waals surface area contributed by atoms with Gasteiger partial charge in [0.25, 0.3) is 0 Å². The van der Waals surface area contributed by atoms with Crippen LogP contribution in [0.2, 0.25) is 0 Å². The Hall–Kier alpha value is -1.89. The zero-order chi connectivity index (χ0) is 14.6. The summed E-state index contributed by atoms with van der Waals surface area (Å²) in [5.74, 6) is 0.538. The van der Waals surface area contributed by atoms with E-state index in [1.54, 1.807) is 0 Å². The summed E-state index contributed by atoms with van der Waals surface area (Å²) >= 11 is 0. The van der Waals surface area contributed by atoms with Gasteiger partial charge in [-0.1, -0.05) is 68.4 Å². The van der Waals surface area contributed by atoms with Gasteiger partial charge >= 0.3 is 0 Å². The minimum absolute atomic E-state index is 0.458. The number of rotatable bonds is 5. The van der Waals surface area contributed by atoms with Gasteiger partial charge in [0.15, 0.2) is 0 Å². The molecule has 0 aromatic heterocycles. The molecule has 0 saturated heterocycles. The molecule has 1 nitrogen and oxygen atoms in total. The van der Waals surface area contributed by atoms with E-state index in [0.717, 1.165) is 18.3 Å². The van der Waals surface area contributed by atoms with Crippen molar-refractivity contribution in [2.75, 3.05) is 0 Å². The second-order valence-electron chi connectivity index (χ2n) is 5.97. The SMILES string of the molecule is CC(C)c1ccc(CC(C)(C=O)c2ccccc2)cc1. The van der Waals surface area contributed by atoms with Crippen LogP contribution in [0.3, 0.4) is 0 Å². The van der Waals surface area contributed by atoms with Crippen molar-refractivity contribution in [3.05, 3.63) is 71.3 Å². The fourth-order valence-corrected chi connectivity index (χ4v) is 2.48. The Morgan fingerprint density at radius 3 is 2.10 bits per heavy atom. The molecule has 0 amide bonds.